The van der Waals surface area contributed by atoms with Gasteiger partial charge in [-0.1, -0.05) is 0 Å². The third-order valence-corrected chi connectivity index (χ3v) is 2.42. The lowest BCUT2D eigenvalue weighted by atomic mass is 10.0. The molecule has 0 bridgehead atoms. The van der Waals surface area contributed by atoms with Crippen molar-refractivity contribution in [1.82, 2.24) is 4.90 Å². The van der Waals surface area contributed by atoms with E-state index in [1.807, 2.05) is 25.7 Å². The van der Waals surface area contributed by atoms with Gasteiger partial charge in [-0.3, -0.25) is 9.69 Å². The van der Waals surface area contributed by atoms with Crippen molar-refractivity contribution in [2.75, 3.05) is 13.3 Å². The minimum absolute atomic E-state index is 0.0852. The summed E-state index contributed by atoms with van der Waals surface area (Å²) in [6.07, 6.45) is 0. The van der Waals surface area contributed by atoms with Crippen molar-refractivity contribution in [3.63, 3.8) is 0 Å². The van der Waals surface area contributed by atoms with Gasteiger partial charge in [0.25, 0.3) is 0 Å². The SMILES string of the molecule is CC(C)(C)OC(=O)[C@@H]1COCN1C(C)(C)C. The molecular formula is C12H23NO3. The monoisotopic (exact) mass is 229 g/mol. The Morgan fingerprint density at radius 1 is 1.25 bits per heavy atom. The van der Waals surface area contributed by atoms with Crippen LogP contribution in [0.4, 0.5) is 0 Å². The van der Waals surface area contributed by atoms with Crippen LogP contribution < -0.4 is 0 Å². The zero-order chi connectivity index (χ0) is 12.6. The van der Waals surface area contributed by atoms with Crippen LogP contribution in [0.25, 0.3) is 0 Å². The van der Waals surface area contributed by atoms with Gasteiger partial charge in [-0.25, -0.2) is 0 Å². The quantitative estimate of drug-likeness (QED) is 0.643. The van der Waals surface area contributed by atoms with Crippen molar-refractivity contribution < 1.29 is 14.3 Å². The molecule has 1 saturated heterocycles. The first-order valence-corrected chi connectivity index (χ1v) is 5.68. The first-order chi connectivity index (χ1) is 7.11. The molecule has 0 radical (unpaired) electrons. The molecule has 1 fully saturated rings. The summed E-state index contributed by atoms with van der Waals surface area (Å²) in [4.78, 5) is 14.0. The smallest absolute Gasteiger partial charge is 0.326 e. The maximum Gasteiger partial charge on any atom is 0.326 e. The third kappa shape index (κ3) is 3.46. The van der Waals surface area contributed by atoms with E-state index in [-0.39, 0.29) is 17.6 Å². The van der Waals surface area contributed by atoms with Crippen LogP contribution in [0.3, 0.4) is 0 Å². The lowest BCUT2D eigenvalue weighted by Gasteiger charge is -2.35. The molecule has 16 heavy (non-hydrogen) atoms. The molecule has 1 aliphatic heterocycles. The minimum Gasteiger partial charge on any atom is -0.459 e. The Morgan fingerprint density at radius 2 is 1.81 bits per heavy atom. The lowest BCUT2D eigenvalue weighted by molar-refractivity contribution is -0.161. The first kappa shape index (κ1) is 13.5. The highest BCUT2D eigenvalue weighted by Gasteiger charge is 2.40. The van der Waals surface area contributed by atoms with Crippen molar-refractivity contribution in [1.29, 1.82) is 0 Å². The molecule has 0 aromatic carbocycles. The second-order valence-electron chi connectivity index (χ2n) is 6.19. The number of hydrogen-bond acceptors (Lipinski definition) is 4. The zero-order valence-corrected chi connectivity index (χ0v) is 11.2. The summed E-state index contributed by atoms with van der Waals surface area (Å²) in [7, 11) is 0. The summed E-state index contributed by atoms with van der Waals surface area (Å²) in [5.74, 6) is -0.195. The molecular weight excluding hydrogens is 206 g/mol. The van der Waals surface area contributed by atoms with Gasteiger partial charge in [0.15, 0.2) is 0 Å². The van der Waals surface area contributed by atoms with Gasteiger partial charge >= 0.3 is 5.97 Å². The highest BCUT2D eigenvalue weighted by atomic mass is 16.6. The predicted molar refractivity (Wildman–Crippen MR) is 62.0 cm³/mol. The van der Waals surface area contributed by atoms with Gasteiger partial charge in [-0.15, -0.1) is 0 Å². The second kappa shape index (κ2) is 4.34. The van der Waals surface area contributed by atoms with E-state index in [0.29, 0.717) is 13.3 Å². The van der Waals surface area contributed by atoms with Gasteiger partial charge in [-0.2, -0.15) is 0 Å². The van der Waals surface area contributed by atoms with Gasteiger partial charge in [0.05, 0.1) is 6.61 Å². The summed E-state index contributed by atoms with van der Waals surface area (Å²) >= 11 is 0. The maximum atomic E-state index is 12.0. The number of rotatable bonds is 1. The number of carbonyl (C=O) groups excluding carboxylic acids is 1. The Labute approximate surface area is 97.9 Å². The highest BCUT2D eigenvalue weighted by molar-refractivity contribution is 5.76. The Hall–Kier alpha value is -0.610. The van der Waals surface area contributed by atoms with Crippen LogP contribution in [0.2, 0.25) is 0 Å². The minimum atomic E-state index is -0.441. The number of hydrogen-bond donors (Lipinski definition) is 0. The second-order valence-corrected chi connectivity index (χ2v) is 6.19. The van der Waals surface area contributed by atoms with E-state index < -0.39 is 5.60 Å². The fourth-order valence-electron chi connectivity index (χ4n) is 1.67. The Kier molecular flexibility index (Phi) is 3.65. The molecule has 1 atom stereocenters. The summed E-state index contributed by atoms with van der Waals surface area (Å²) < 4.78 is 10.7. The molecule has 0 aliphatic carbocycles. The largest absolute Gasteiger partial charge is 0.459 e. The molecule has 4 nitrogen and oxygen atoms in total. The average Bonchev–Trinajstić information content (AvgIpc) is 2.45. The van der Waals surface area contributed by atoms with Crippen LogP contribution in [0.1, 0.15) is 41.5 Å². The molecule has 0 spiro atoms. The molecule has 0 saturated carbocycles. The zero-order valence-electron chi connectivity index (χ0n) is 11.2. The Bertz CT molecular complexity index is 262. The van der Waals surface area contributed by atoms with E-state index in [2.05, 4.69) is 20.8 Å². The molecule has 1 heterocycles. The summed E-state index contributed by atoms with van der Waals surface area (Å²) in [5.41, 5.74) is -0.526. The summed E-state index contributed by atoms with van der Waals surface area (Å²) in [5, 5.41) is 0. The van der Waals surface area contributed by atoms with Crippen LogP contribution in [-0.4, -0.2) is 41.4 Å². The maximum absolute atomic E-state index is 12.0. The van der Waals surface area contributed by atoms with Crippen LogP contribution in [0.15, 0.2) is 0 Å². The van der Waals surface area contributed by atoms with E-state index in [1.165, 1.54) is 0 Å². The molecule has 0 N–H and O–H groups in total. The number of esters is 1. The molecule has 1 aliphatic rings. The Balaban J connectivity index is 2.69. The van der Waals surface area contributed by atoms with Crippen LogP contribution >= 0.6 is 0 Å². The summed E-state index contributed by atoms with van der Waals surface area (Å²) in [6.45, 7) is 12.8. The molecule has 0 amide bonds. The van der Waals surface area contributed by atoms with Crippen LogP contribution in [-0.2, 0) is 14.3 Å². The predicted octanol–water partition coefficient (Wildman–Crippen LogP) is 1.78. The summed E-state index contributed by atoms with van der Waals surface area (Å²) in [6, 6.07) is -0.278. The van der Waals surface area contributed by atoms with Gasteiger partial charge < -0.3 is 9.47 Å². The standard InChI is InChI=1S/C12H23NO3/c1-11(2,3)13-8-15-7-9(13)10(14)16-12(4,5)6/h9H,7-8H2,1-6H3/t9-/m0/s1. The fourth-order valence-corrected chi connectivity index (χ4v) is 1.67. The van der Waals surface area contributed by atoms with Crippen LogP contribution in [0.5, 0.6) is 0 Å². The number of nitrogens with zero attached hydrogens (tertiary/aromatic N) is 1. The number of carbonyl (C=O) groups is 1. The highest BCUT2D eigenvalue weighted by Crippen LogP contribution is 2.23. The van der Waals surface area contributed by atoms with Gasteiger partial charge in [0, 0.05) is 5.54 Å². The van der Waals surface area contributed by atoms with Crippen molar-refractivity contribution in [3.05, 3.63) is 0 Å². The van der Waals surface area contributed by atoms with Gasteiger partial charge in [-0.05, 0) is 41.5 Å². The van der Waals surface area contributed by atoms with E-state index in [1.54, 1.807) is 0 Å². The van der Waals surface area contributed by atoms with Gasteiger partial charge in [0.2, 0.25) is 0 Å². The van der Waals surface area contributed by atoms with E-state index in [0.717, 1.165) is 0 Å². The van der Waals surface area contributed by atoms with Crippen LogP contribution in [0, 0.1) is 0 Å². The van der Waals surface area contributed by atoms with E-state index in [4.69, 9.17) is 9.47 Å². The van der Waals surface area contributed by atoms with Crippen molar-refractivity contribution >= 4 is 5.97 Å². The Morgan fingerprint density at radius 3 is 2.25 bits per heavy atom. The van der Waals surface area contributed by atoms with Crippen molar-refractivity contribution in [2.45, 2.75) is 58.7 Å². The molecule has 0 unspecified atom stereocenters. The van der Waals surface area contributed by atoms with Crippen molar-refractivity contribution in [2.24, 2.45) is 0 Å². The fraction of sp³-hybridized carbons (Fsp3) is 0.917. The average molecular weight is 229 g/mol. The first-order valence-electron chi connectivity index (χ1n) is 5.68. The molecule has 0 aromatic rings. The lowest BCUT2D eigenvalue weighted by Crippen LogP contribution is -2.50. The molecule has 0 aromatic heterocycles. The van der Waals surface area contributed by atoms with Gasteiger partial charge in [0.1, 0.15) is 18.4 Å². The third-order valence-electron chi connectivity index (χ3n) is 2.42. The van der Waals surface area contributed by atoms with Crippen molar-refractivity contribution in [3.8, 4) is 0 Å². The van der Waals surface area contributed by atoms with E-state index in [9.17, 15) is 4.79 Å². The number of ether oxygens (including phenoxy) is 2. The normalized spacial score (nSPS) is 23.5. The van der Waals surface area contributed by atoms with E-state index >= 15 is 0 Å². The molecule has 1 rings (SSSR count). The topological polar surface area (TPSA) is 38.8 Å². The molecule has 4 heteroatoms. The molecule has 94 valence electrons.